The first-order valence-corrected chi connectivity index (χ1v) is 3.21. The summed E-state index contributed by atoms with van der Waals surface area (Å²) in [4.78, 5) is 17.8. The summed E-state index contributed by atoms with van der Waals surface area (Å²) in [6.07, 6.45) is 3.60. The minimum atomic E-state index is -0.212. The quantitative estimate of drug-likeness (QED) is 0.583. The van der Waals surface area contributed by atoms with E-state index in [2.05, 4.69) is 16.7 Å². The highest BCUT2D eigenvalue weighted by atomic mass is 16.1. The summed E-state index contributed by atoms with van der Waals surface area (Å²) in [5.41, 5.74) is 0.914. The lowest BCUT2D eigenvalue weighted by Crippen LogP contribution is -1.97. The molecule has 0 fully saturated rings. The topological polar surface area (TPSA) is 42.3 Å². The minimum Gasteiger partial charge on any atom is -0.272 e. The highest BCUT2D eigenvalue weighted by Gasteiger charge is 1.97. The predicted octanol–water partition coefficient (Wildman–Crippen LogP) is 0.851. The van der Waals surface area contributed by atoms with Crippen LogP contribution in [0, 0.1) is 0 Å². The van der Waals surface area contributed by atoms with Gasteiger partial charge in [-0.05, 0) is 24.4 Å². The largest absolute Gasteiger partial charge is 0.272 e. The Morgan fingerprint density at radius 3 is 2.73 bits per heavy atom. The Kier molecular flexibility index (Phi) is 2.49. The van der Waals surface area contributed by atoms with Crippen molar-refractivity contribution in [1.82, 2.24) is 4.98 Å². The predicted molar refractivity (Wildman–Crippen MR) is 42.5 cm³/mol. The molecule has 1 heterocycles. The van der Waals surface area contributed by atoms with Crippen LogP contribution in [0.3, 0.4) is 0 Å². The van der Waals surface area contributed by atoms with Gasteiger partial charge in [0.2, 0.25) is 5.91 Å². The molecule has 1 rings (SSSR count). The van der Waals surface area contributed by atoms with Crippen LogP contribution in [0.25, 0.3) is 0 Å². The number of amides is 1. The third kappa shape index (κ3) is 2.29. The number of carbonyl (C=O) groups excluding carboxylic acids is 1. The molecule has 3 heteroatoms. The fourth-order valence-corrected chi connectivity index (χ4v) is 0.731. The van der Waals surface area contributed by atoms with Crippen molar-refractivity contribution < 1.29 is 4.79 Å². The zero-order valence-corrected chi connectivity index (χ0v) is 6.03. The number of pyridine rings is 1. The van der Waals surface area contributed by atoms with Crippen LogP contribution in [0.4, 0.5) is 0 Å². The van der Waals surface area contributed by atoms with Crippen molar-refractivity contribution in [3.05, 3.63) is 30.1 Å². The van der Waals surface area contributed by atoms with Crippen LogP contribution in [0.15, 0.2) is 29.5 Å². The van der Waals surface area contributed by atoms with Gasteiger partial charge in [0.1, 0.15) is 0 Å². The molecule has 0 radical (unpaired) electrons. The SMILES string of the molecule is C=NC(=O)Cc1ccncc1. The van der Waals surface area contributed by atoms with Gasteiger partial charge in [0, 0.05) is 12.4 Å². The molecule has 1 amide bonds. The lowest BCUT2D eigenvalue weighted by atomic mass is 10.2. The third-order valence-electron chi connectivity index (χ3n) is 1.28. The van der Waals surface area contributed by atoms with Gasteiger partial charge in [0.05, 0.1) is 6.42 Å². The summed E-state index contributed by atoms with van der Waals surface area (Å²) in [5, 5.41) is 0. The van der Waals surface area contributed by atoms with Gasteiger partial charge in [0.25, 0.3) is 0 Å². The fourth-order valence-electron chi connectivity index (χ4n) is 0.731. The van der Waals surface area contributed by atoms with Crippen molar-refractivity contribution in [2.75, 3.05) is 0 Å². The van der Waals surface area contributed by atoms with Crippen LogP contribution in [0.1, 0.15) is 5.56 Å². The molecule has 0 aromatic carbocycles. The van der Waals surface area contributed by atoms with Gasteiger partial charge in [-0.1, -0.05) is 0 Å². The summed E-state index contributed by atoms with van der Waals surface area (Å²) < 4.78 is 0. The van der Waals surface area contributed by atoms with E-state index in [1.165, 1.54) is 0 Å². The van der Waals surface area contributed by atoms with E-state index in [0.717, 1.165) is 5.56 Å². The Morgan fingerprint density at radius 2 is 2.18 bits per heavy atom. The maximum Gasteiger partial charge on any atom is 0.249 e. The average Bonchev–Trinajstić information content (AvgIpc) is 2.06. The lowest BCUT2D eigenvalue weighted by molar-refractivity contribution is -0.117. The first-order chi connectivity index (χ1) is 5.33. The van der Waals surface area contributed by atoms with E-state index in [1.807, 2.05) is 0 Å². The number of rotatable bonds is 2. The van der Waals surface area contributed by atoms with Crippen LogP contribution in [0.2, 0.25) is 0 Å². The second-order valence-corrected chi connectivity index (χ2v) is 2.08. The summed E-state index contributed by atoms with van der Waals surface area (Å²) in [6, 6.07) is 3.56. The summed E-state index contributed by atoms with van der Waals surface area (Å²) >= 11 is 0. The van der Waals surface area contributed by atoms with Crippen LogP contribution >= 0.6 is 0 Å². The Hall–Kier alpha value is -1.51. The maximum atomic E-state index is 10.7. The molecular formula is C8H8N2O. The number of carbonyl (C=O) groups is 1. The van der Waals surface area contributed by atoms with Gasteiger partial charge in [-0.25, -0.2) is 4.99 Å². The molecule has 0 saturated carbocycles. The van der Waals surface area contributed by atoms with E-state index in [0.29, 0.717) is 6.42 Å². The summed E-state index contributed by atoms with van der Waals surface area (Å²) in [5.74, 6) is -0.212. The van der Waals surface area contributed by atoms with Crippen molar-refractivity contribution in [3.63, 3.8) is 0 Å². The van der Waals surface area contributed by atoms with E-state index >= 15 is 0 Å². The van der Waals surface area contributed by atoms with Gasteiger partial charge in [0.15, 0.2) is 0 Å². The van der Waals surface area contributed by atoms with Gasteiger partial charge in [-0.2, -0.15) is 0 Å². The van der Waals surface area contributed by atoms with Gasteiger partial charge in [-0.3, -0.25) is 9.78 Å². The molecule has 0 atom stereocenters. The zero-order valence-electron chi connectivity index (χ0n) is 6.03. The van der Waals surface area contributed by atoms with Crippen LogP contribution in [0.5, 0.6) is 0 Å². The molecule has 1 aromatic heterocycles. The molecule has 0 N–H and O–H groups in total. The molecule has 11 heavy (non-hydrogen) atoms. The smallest absolute Gasteiger partial charge is 0.249 e. The molecule has 0 aliphatic heterocycles. The normalized spacial score (nSPS) is 9.09. The minimum absolute atomic E-state index is 0.212. The molecule has 0 aliphatic carbocycles. The van der Waals surface area contributed by atoms with Crippen molar-refractivity contribution in [2.45, 2.75) is 6.42 Å². The molecule has 0 aliphatic rings. The van der Waals surface area contributed by atoms with Crippen LogP contribution < -0.4 is 0 Å². The average molecular weight is 148 g/mol. The van der Waals surface area contributed by atoms with Crippen molar-refractivity contribution in [3.8, 4) is 0 Å². The van der Waals surface area contributed by atoms with Crippen molar-refractivity contribution >= 4 is 12.6 Å². The molecule has 1 aromatic rings. The number of nitrogens with zero attached hydrogens (tertiary/aromatic N) is 2. The van der Waals surface area contributed by atoms with Crippen molar-refractivity contribution in [1.29, 1.82) is 0 Å². The van der Waals surface area contributed by atoms with Crippen LogP contribution in [-0.4, -0.2) is 17.6 Å². The second-order valence-electron chi connectivity index (χ2n) is 2.08. The van der Waals surface area contributed by atoms with E-state index in [1.54, 1.807) is 24.5 Å². The molecule has 0 unspecified atom stereocenters. The van der Waals surface area contributed by atoms with Gasteiger partial charge < -0.3 is 0 Å². The van der Waals surface area contributed by atoms with E-state index in [9.17, 15) is 4.79 Å². The molecule has 3 nitrogen and oxygen atoms in total. The van der Waals surface area contributed by atoms with Crippen LogP contribution in [-0.2, 0) is 11.2 Å². The van der Waals surface area contributed by atoms with Gasteiger partial charge in [-0.15, -0.1) is 0 Å². The van der Waals surface area contributed by atoms with Crippen molar-refractivity contribution in [2.24, 2.45) is 4.99 Å². The molecule has 0 spiro atoms. The third-order valence-corrected chi connectivity index (χ3v) is 1.28. The Morgan fingerprint density at radius 1 is 1.55 bits per heavy atom. The van der Waals surface area contributed by atoms with E-state index in [4.69, 9.17) is 0 Å². The summed E-state index contributed by atoms with van der Waals surface area (Å²) in [6.45, 7) is 3.14. The monoisotopic (exact) mass is 148 g/mol. The van der Waals surface area contributed by atoms with E-state index in [-0.39, 0.29) is 5.91 Å². The number of aliphatic imine (C=N–C) groups is 1. The first kappa shape index (κ1) is 7.60. The molecule has 0 bridgehead atoms. The number of hydrogen-bond acceptors (Lipinski definition) is 2. The Labute approximate surface area is 64.8 Å². The van der Waals surface area contributed by atoms with Gasteiger partial charge >= 0.3 is 0 Å². The first-order valence-electron chi connectivity index (χ1n) is 3.21. The second kappa shape index (κ2) is 3.61. The number of hydrogen-bond donors (Lipinski definition) is 0. The molecule has 56 valence electrons. The highest BCUT2D eigenvalue weighted by molar-refractivity contribution is 5.82. The fraction of sp³-hybridized carbons (Fsp3) is 0.125. The van der Waals surface area contributed by atoms with E-state index < -0.39 is 0 Å². The standard InChI is InChI=1S/C8H8N2O/c1-9-8(11)6-7-2-4-10-5-3-7/h2-5H,1,6H2. The zero-order chi connectivity index (χ0) is 8.10. The lowest BCUT2D eigenvalue weighted by Gasteiger charge is -1.93. The maximum absolute atomic E-state index is 10.7. The Bertz CT molecular complexity index is 256. The molecular weight excluding hydrogens is 140 g/mol. The Balaban J connectivity index is 2.65. The highest BCUT2D eigenvalue weighted by Crippen LogP contribution is 1.97. The molecule has 0 saturated heterocycles. The number of aromatic nitrogens is 1. The summed E-state index contributed by atoms with van der Waals surface area (Å²) in [7, 11) is 0.